The second kappa shape index (κ2) is 8.49. The molecular weight excluding hydrogens is 338 g/mol. The molecule has 2 rings (SSSR count). The molecule has 2 aromatic rings. The van der Waals surface area contributed by atoms with E-state index in [0.29, 0.717) is 29.2 Å². The molecule has 0 atom stereocenters. The third-order valence-corrected chi connectivity index (χ3v) is 5.36. The van der Waals surface area contributed by atoms with E-state index in [0.717, 1.165) is 30.0 Å². The van der Waals surface area contributed by atoms with Crippen LogP contribution >= 0.6 is 11.3 Å². The lowest BCUT2D eigenvalue weighted by molar-refractivity contribution is 0.0781. The number of fused-ring (bicyclic) bond motifs is 1. The van der Waals surface area contributed by atoms with Gasteiger partial charge >= 0.3 is 0 Å². The average molecular weight is 365 g/mol. The van der Waals surface area contributed by atoms with Gasteiger partial charge in [0.05, 0.1) is 6.61 Å². The molecule has 1 amide bonds. The molecular formula is C18H27N3O3S. The minimum atomic E-state index is -0.209. The van der Waals surface area contributed by atoms with Gasteiger partial charge in [0.25, 0.3) is 11.5 Å². The second-order valence-corrected chi connectivity index (χ2v) is 7.02. The van der Waals surface area contributed by atoms with Gasteiger partial charge in [-0.2, -0.15) is 0 Å². The Morgan fingerprint density at radius 1 is 1.24 bits per heavy atom. The lowest BCUT2D eigenvalue weighted by Crippen LogP contribution is -2.36. The number of nitrogens with one attached hydrogen (secondary N) is 1. The van der Waals surface area contributed by atoms with Crippen LogP contribution in [0.25, 0.3) is 10.1 Å². The summed E-state index contributed by atoms with van der Waals surface area (Å²) in [5, 5.41) is 0.470. The highest BCUT2D eigenvalue weighted by atomic mass is 32.1. The zero-order valence-corrected chi connectivity index (χ0v) is 16.5. The van der Waals surface area contributed by atoms with Gasteiger partial charge in [0, 0.05) is 30.5 Å². The summed E-state index contributed by atoms with van der Waals surface area (Å²) >= 11 is 1.32. The number of nitrogens with zero attached hydrogens (tertiary/aromatic N) is 2. The number of carbonyl (C=O) groups excluding carboxylic acids is 1. The summed E-state index contributed by atoms with van der Waals surface area (Å²) in [4.78, 5) is 32.5. The molecule has 0 aromatic carbocycles. The van der Waals surface area contributed by atoms with Crippen LogP contribution in [0.1, 0.15) is 36.1 Å². The third kappa shape index (κ3) is 4.22. The molecule has 7 heteroatoms. The molecule has 0 spiro atoms. The van der Waals surface area contributed by atoms with Crippen LogP contribution in [0.3, 0.4) is 0 Å². The first-order valence-corrected chi connectivity index (χ1v) is 9.51. The van der Waals surface area contributed by atoms with Crippen LogP contribution in [0.4, 0.5) is 0 Å². The Morgan fingerprint density at radius 2 is 1.92 bits per heavy atom. The predicted octanol–water partition coefficient (Wildman–Crippen LogP) is 2.71. The van der Waals surface area contributed by atoms with E-state index in [2.05, 4.69) is 23.7 Å². The van der Waals surface area contributed by atoms with Crippen LogP contribution < -0.4 is 10.3 Å². The normalized spacial score (nSPS) is 11.3. The molecule has 0 radical (unpaired) electrons. The van der Waals surface area contributed by atoms with Crippen molar-refractivity contribution < 1.29 is 9.53 Å². The number of ether oxygens (including phenoxy) is 1. The summed E-state index contributed by atoms with van der Waals surface area (Å²) in [5.74, 6) is 0.303. The number of hydrogen-bond donors (Lipinski definition) is 1. The fourth-order valence-corrected chi connectivity index (χ4v) is 3.99. The lowest BCUT2D eigenvalue weighted by Gasteiger charge is -2.23. The van der Waals surface area contributed by atoms with Gasteiger partial charge in [0.15, 0.2) is 5.75 Å². The largest absolute Gasteiger partial charge is 0.491 e. The molecule has 0 aliphatic carbocycles. The summed E-state index contributed by atoms with van der Waals surface area (Å²) in [5.41, 5.74) is 0.565. The van der Waals surface area contributed by atoms with Crippen LogP contribution in [-0.4, -0.2) is 60.5 Å². The van der Waals surface area contributed by atoms with E-state index in [-0.39, 0.29) is 11.5 Å². The highest BCUT2D eigenvalue weighted by Gasteiger charge is 2.24. The molecule has 0 fully saturated rings. The molecule has 0 bridgehead atoms. The number of aryl methyl sites for hydroxylation is 1. The van der Waals surface area contributed by atoms with Crippen LogP contribution in [0.2, 0.25) is 0 Å². The van der Waals surface area contributed by atoms with E-state index in [1.54, 1.807) is 11.9 Å². The average Bonchev–Trinajstić information content (AvgIpc) is 2.93. The molecule has 6 nitrogen and oxygen atoms in total. The zero-order valence-electron chi connectivity index (χ0n) is 15.6. The highest BCUT2D eigenvalue weighted by Crippen LogP contribution is 2.36. The first kappa shape index (κ1) is 19.5. The van der Waals surface area contributed by atoms with Crippen molar-refractivity contribution in [3.8, 4) is 5.75 Å². The Hall–Kier alpha value is -1.86. The minimum Gasteiger partial charge on any atom is -0.491 e. The van der Waals surface area contributed by atoms with Gasteiger partial charge in [-0.05, 0) is 33.0 Å². The van der Waals surface area contributed by atoms with Crippen molar-refractivity contribution in [3.63, 3.8) is 0 Å². The maximum atomic E-state index is 12.9. The molecule has 2 heterocycles. The molecule has 0 unspecified atom stereocenters. The van der Waals surface area contributed by atoms with Crippen molar-refractivity contribution in [3.05, 3.63) is 27.0 Å². The first-order chi connectivity index (χ1) is 11.9. The van der Waals surface area contributed by atoms with E-state index < -0.39 is 0 Å². The van der Waals surface area contributed by atoms with E-state index in [1.807, 2.05) is 19.9 Å². The molecule has 2 aromatic heterocycles. The van der Waals surface area contributed by atoms with Gasteiger partial charge in [0.2, 0.25) is 0 Å². The predicted molar refractivity (Wildman–Crippen MR) is 103 cm³/mol. The van der Waals surface area contributed by atoms with Gasteiger partial charge in [-0.15, -0.1) is 11.3 Å². The minimum absolute atomic E-state index is 0.103. The van der Waals surface area contributed by atoms with Crippen LogP contribution in [0.5, 0.6) is 5.75 Å². The maximum absolute atomic E-state index is 12.9. The number of H-pyrrole nitrogens is 1. The van der Waals surface area contributed by atoms with E-state index >= 15 is 0 Å². The fraction of sp³-hybridized carbons (Fsp3) is 0.556. The lowest BCUT2D eigenvalue weighted by atomic mass is 10.2. The Labute approximate surface area is 152 Å². The molecule has 0 saturated carbocycles. The number of hydrogen-bond acceptors (Lipinski definition) is 5. The number of likely N-dealkylation sites (N-methyl/N-ethyl adjacent to an activating group) is 2. The van der Waals surface area contributed by atoms with Crippen molar-refractivity contribution in [2.24, 2.45) is 0 Å². The molecule has 25 heavy (non-hydrogen) atoms. The summed E-state index contributed by atoms with van der Waals surface area (Å²) in [6, 6.07) is 1.89. The van der Waals surface area contributed by atoms with E-state index in [9.17, 15) is 9.59 Å². The Balaban J connectivity index is 2.35. The molecule has 1 N–H and O–H groups in total. The number of carbonyl (C=O) groups is 1. The zero-order chi connectivity index (χ0) is 18.6. The SMILES string of the molecule is CCOc1c(C(=O)N(C)CCN(CC)CC)sc2cc(C)[nH]c(=O)c12. The molecule has 138 valence electrons. The third-order valence-electron chi connectivity index (χ3n) is 4.25. The second-order valence-electron chi connectivity index (χ2n) is 5.97. The van der Waals surface area contributed by atoms with Crippen LogP contribution in [0, 0.1) is 6.92 Å². The quantitative estimate of drug-likeness (QED) is 0.781. The maximum Gasteiger partial charge on any atom is 0.267 e. The first-order valence-electron chi connectivity index (χ1n) is 8.69. The van der Waals surface area contributed by atoms with E-state index in [1.165, 1.54) is 11.3 Å². The summed E-state index contributed by atoms with van der Waals surface area (Å²) in [7, 11) is 1.79. The standard InChI is InChI=1S/C18H27N3O3S/c1-6-21(7-2)10-9-20(5)18(23)16-15(24-8-3)14-13(25-16)11-12(4)19-17(14)22/h11H,6-10H2,1-5H3,(H,19,22). The van der Waals surface area contributed by atoms with Crippen molar-refractivity contribution in [2.45, 2.75) is 27.7 Å². The molecule has 0 aliphatic heterocycles. The van der Waals surface area contributed by atoms with Gasteiger partial charge < -0.3 is 19.5 Å². The number of pyridine rings is 1. The smallest absolute Gasteiger partial charge is 0.267 e. The number of aromatic amines is 1. The Bertz CT molecular complexity index is 793. The molecule has 0 saturated heterocycles. The van der Waals surface area contributed by atoms with Crippen molar-refractivity contribution >= 4 is 27.3 Å². The number of amides is 1. The Morgan fingerprint density at radius 3 is 2.52 bits per heavy atom. The Kier molecular flexibility index (Phi) is 6.61. The summed E-state index contributed by atoms with van der Waals surface area (Å²) in [6.07, 6.45) is 0. The van der Waals surface area contributed by atoms with E-state index in [4.69, 9.17) is 4.74 Å². The molecule has 0 aliphatic rings. The van der Waals surface area contributed by atoms with Crippen molar-refractivity contribution in [1.29, 1.82) is 0 Å². The fourth-order valence-electron chi connectivity index (χ4n) is 2.75. The van der Waals surface area contributed by atoms with Crippen molar-refractivity contribution in [1.82, 2.24) is 14.8 Å². The monoisotopic (exact) mass is 365 g/mol. The topological polar surface area (TPSA) is 65.6 Å². The number of thiophene rings is 1. The highest BCUT2D eigenvalue weighted by molar-refractivity contribution is 7.21. The van der Waals surface area contributed by atoms with Crippen LogP contribution in [-0.2, 0) is 0 Å². The van der Waals surface area contributed by atoms with Crippen molar-refractivity contribution in [2.75, 3.05) is 39.8 Å². The van der Waals surface area contributed by atoms with Gasteiger partial charge in [-0.25, -0.2) is 0 Å². The van der Waals surface area contributed by atoms with Gasteiger partial charge in [-0.3, -0.25) is 9.59 Å². The number of rotatable bonds is 8. The van der Waals surface area contributed by atoms with Gasteiger partial charge in [0.1, 0.15) is 10.3 Å². The number of aromatic nitrogens is 1. The van der Waals surface area contributed by atoms with Gasteiger partial charge in [-0.1, -0.05) is 13.8 Å². The summed E-state index contributed by atoms with van der Waals surface area (Å²) in [6.45, 7) is 11.7. The summed E-state index contributed by atoms with van der Waals surface area (Å²) < 4.78 is 6.47. The van der Waals surface area contributed by atoms with Crippen LogP contribution in [0.15, 0.2) is 10.9 Å².